The van der Waals surface area contributed by atoms with Crippen molar-refractivity contribution in [2.45, 2.75) is 153 Å². The highest BCUT2D eigenvalue weighted by atomic mass is 32.2. The first-order valence-electron chi connectivity index (χ1n) is 27.1. The van der Waals surface area contributed by atoms with Crippen LogP contribution in [0.2, 0.25) is 0 Å². The molecule has 4 aliphatic heterocycles. The minimum Gasteiger partial charge on any atom is -0.493 e. The van der Waals surface area contributed by atoms with Crippen LogP contribution >= 0.6 is 0 Å². The Morgan fingerprint density at radius 3 is 1.43 bits per heavy atom. The van der Waals surface area contributed by atoms with Crippen molar-refractivity contribution in [3.63, 3.8) is 0 Å². The number of nitrogens with zero attached hydrogens (tertiary/aromatic N) is 6. The number of rotatable bonds is 25. The summed E-state index contributed by atoms with van der Waals surface area (Å²) >= 11 is 0. The van der Waals surface area contributed by atoms with E-state index in [0.29, 0.717) is 37.8 Å². The zero-order valence-corrected chi connectivity index (χ0v) is 45.4. The van der Waals surface area contributed by atoms with Gasteiger partial charge in [0.1, 0.15) is 11.5 Å². The van der Waals surface area contributed by atoms with E-state index >= 15 is 0 Å². The van der Waals surface area contributed by atoms with Crippen LogP contribution in [0.5, 0.6) is 11.5 Å². The molecule has 24 nitrogen and oxygen atoms in total. The molecule has 26 heteroatoms. The lowest BCUT2D eigenvalue weighted by molar-refractivity contribution is -0.215. The number of piperidine rings is 2. The Morgan fingerprint density at radius 1 is 0.658 bits per heavy atom. The molecule has 4 heterocycles. The van der Waals surface area contributed by atoms with Gasteiger partial charge in [0.25, 0.3) is 0 Å². The summed E-state index contributed by atoms with van der Waals surface area (Å²) in [5, 5.41) is 28.6. The van der Waals surface area contributed by atoms with E-state index in [1.807, 2.05) is 38.1 Å². The second kappa shape index (κ2) is 25.3. The summed E-state index contributed by atoms with van der Waals surface area (Å²) in [6.07, 6.45) is 7.98. The van der Waals surface area contributed by atoms with Crippen LogP contribution in [0.1, 0.15) is 138 Å². The Kier molecular flexibility index (Phi) is 19.0. The van der Waals surface area contributed by atoms with E-state index in [0.717, 1.165) is 84.3 Å². The Morgan fingerprint density at radius 2 is 1.05 bits per heavy atom. The summed E-state index contributed by atoms with van der Waals surface area (Å²) in [7, 11) is -9.32. The average molecular weight is 1100 g/mol. The highest BCUT2D eigenvalue weighted by molar-refractivity contribution is 7.88. The second-order valence-corrected chi connectivity index (χ2v) is 23.0. The van der Waals surface area contributed by atoms with Gasteiger partial charge in [0.05, 0.1) is 13.2 Å². The first kappa shape index (κ1) is 57.3. The van der Waals surface area contributed by atoms with Crippen LogP contribution in [0.15, 0.2) is 45.2 Å². The summed E-state index contributed by atoms with van der Waals surface area (Å²) < 4.78 is 88.4. The molecule has 8 rings (SSSR count). The number of aliphatic hydroxyl groups is 2. The zero-order chi connectivity index (χ0) is 54.1. The van der Waals surface area contributed by atoms with Gasteiger partial charge in [0.2, 0.25) is 11.9 Å². The van der Waals surface area contributed by atoms with E-state index in [1.165, 1.54) is 49.7 Å². The molecule has 76 heavy (non-hydrogen) atoms. The highest BCUT2D eigenvalue weighted by Crippen LogP contribution is 2.43. The Labute approximate surface area is 446 Å². The fourth-order valence-electron chi connectivity index (χ4n) is 11.2. The lowest BCUT2D eigenvalue weighted by Gasteiger charge is -2.46. The molecule has 6 atom stereocenters. The van der Waals surface area contributed by atoms with Crippen LogP contribution in [0.4, 0.5) is 0 Å². The third-order valence-corrected chi connectivity index (χ3v) is 16.9. The third-order valence-electron chi connectivity index (χ3n) is 15.0. The highest BCUT2D eigenvalue weighted by Gasteiger charge is 2.53. The van der Waals surface area contributed by atoms with E-state index in [4.69, 9.17) is 30.4 Å². The van der Waals surface area contributed by atoms with Gasteiger partial charge in [-0.3, -0.25) is 19.6 Å². The molecule has 0 amide bonds. The smallest absolute Gasteiger partial charge is 0.342 e. The lowest BCUT2D eigenvalue weighted by Crippen LogP contribution is -2.76. The summed E-state index contributed by atoms with van der Waals surface area (Å²) in [5.74, 6) is -8.05. The molecule has 10 N–H and O–H groups in total. The van der Waals surface area contributed by atoms with Gasteiger partial charge in [-0.25, -0.2) is 20.2 Å². The number of carbonyl (C=O) groups excluding carboxylic acids is 2. The molecular weight excluding hydrogens is 1020 g/mol. The van der Waals surface area contributed by atoms with Crippen LogP contribution in [-0.4, -0.2) is 160 Å². The van der Waals surface area contributed by atoms with Gasteiger partial charge in [0, 0.05) is 38.3 Å². The van der Waals surface area contributed by atoms with Crippen LogP contribution in [0, 0.1) is 0 Å². The van der Waals surface area contributed by atoms with E-state index in [9.17, 15) is 36.6 Å². The van der Waals surface area contributed by atoms with Gasteiger partial charge in [0.15, 0.2) is 12.2 Å². The van der Waals surface area contributed by atoms with E-state index in [2.05, 4.69) is 50.8 Å². The number of ether oxygens (including phenoxy) is 4. The number of hydrogen-bond donors (Lipinski definition) is 8. The number of likely N-dealkylation sites (tertiary alicyclic amines) is 2. The predicted octanol–water partition coefficient (Wildman–Crippen LogP) is 1.61. The molecular formula is C50H78N12O12S2. The number of benzene rings is 2. The molecule has 0 spiro atoms. The predicted molar refractivity (Wildman–Crippen MR) is 282 cm³/mol. The number of esters is 2. The van der Waals surface area contributed by atoms with Gasteiger partial charge < -0.3 is 40.6 Å². The van der Waals surface area contributed by atoms with Gasteiger partial charge >= 0.3 is 44.3 Å². The summed E-state index contributed by atoms with van der Waals surface area (Å²) in [4.78, 5) is 35.5. The number of unbranched alkanes of at least 4 members (excludes halogenated alkanes) is 2. The molecule has 0 saturated carbocycles. The van der Waals surface area contributed by atoms with Gasteiger partial charge in [-0.1, -0.05) is 63.8 Å². The summed E-state index contributed by atoms with van der Waals surface area (Å²) in [5.41, 5.74) is 17.2. The van der Waals surface area contributed by atoms with E-state index in [-0.39, 0.29) is 52.2 Å². The number of carbonyl (C=O) groups is 2. The number of nitrogens with two attached hydrogens (primary N) is 2. The summed E-state index contributed by atoms with van der Waals surface area (Å²) in [6.45, 7) is 8.22. The van der Waals surface area contributed by atoms with Crippen molar-refractivity contribution in [2.75, 3.05) is 65.6 Å². The lowest BCUT2D eigenvalue weighted by atomic mass is 10.0. The maximum absolute atomic E-state index is 14.0. The molecule has 0 bridgehead atoms. The largest absolute Gasteiger partial charge is 0.493 e. The molecule has 2 saturated heterocycles. The van der Waals surface area contributed by atoms with Crippen molar-refractivity contribution >= 4 is 44.3 Å². The fourth-order valence-corrected chi connectivity index (χ4v) is 13.1. The maximum Gasteiger partial charge on any atom is 0.342 e. The zero-order valence-electron chi connectivity index (χ0n) is 43.8. The fraction of sp³-hybridized carbons (Fsp3) is 0.680. The maximum atomic E-state index is 14.0. The van der Waals surface area contributed by atoms with Crippen molar-refractivity contribution in [3.05, 3.63) is 58.7 Å². The van der Waals surface area contributed by atoms with Crippen LogP contribution in [0.3, 0.4) is 0 Å². The van der Waals surface area contributed by atoms with E-state index < -0.39 is 68.4 Å². The molecule has 2 aromatic rings. The molecule has 2 aromatic carbocycles. The van der Waals surface area contributed by atoms with Crippen LogP contribution < -0.4 is 41.0 Å². The topological polar surface area (TPSA) is 318 Å². The summed E-state index contributed by atoms with van der Waals surface area (Å²) in [6, 6.07) is 12.8. The number of nitrogens with one attached hydrogen (secondary N) is 4. The molecule has 6 aliphatic rings. The average Bonchev–Trinajstić information content (AvgIpc) is 4.09. The second-order valence-electron chi connectivity index (χ2n) is 20.3. The molecule has 2 fully saturated rings. The van der Waals surface area contributed by atoms with Crippen molar-refractivity contribution in [2.24, 2.45) is 20.3 Å². The SMILES string of the molecule is CCCCN1C(N)=NS(=O)(=O)NC1(NCCCOc1cccc2c1CCC2N1CCCCC1)OC(=O)C(O)C(O)C(=O)OC1(NCCCOc2cccc3c2CCC3N2CCCCC2)NS(=O)(=O)N=C(N)N1CCCC. The third kappa shape index (κ3) is 13.3. The van der Waals surface area contributed by atoms with Crippen molar-refractivity contribution < 1.29 is 55.6 Å². The Bertz CT molecular complexity index is 2460. The van der Waals surface area contributed by atoms with Gasteiger partial charge in [-0.2, -0.15) is 16.8 Å². The molecule has 0 radical (unpaired) electrons. The Hall–Kier alpha value is -4.90. The van der Waals surface area contributed by atoms with Crippen LogP contribution in [0.25, 0.3) is 0 Å². The number of guanidine groups is 2. The van der Waals surface area contributed by atoms with Crippen molar-refractivity contribution in [3.8, 4) is 11.5 Å². The molecule has 6 unspecified atom stereocenters. The molecule has 422 valence electrons. The monoisotopic (exact) mass is 1100 g/mol. The first-order valence-corrected chi connectivity index (χ1v) is 30.0. The Balaban J connectivity index is 0.942. The number of fused-ring (bicyclic) bond motifs is 2. The number of aliphatic hydroxyl groups excluding tert-OH is 2. The standard InChI is InChI=1S/C50H78N12O12S2/c1-3-5-31-61-47(51)55-75(67,68)57-49(61,53-25-15-33-71-41-19-13-17-35-37(41)21-23-39(35)59-27-9-7-10-28-59)73-45(65)43(63)44(64)46(66)74-50(58-76(69,70)56-48(52)62(50)32-6-4-2)54-26-16-34-72-42-20-14-18-36-38(42)22-24-40(36)60-29-11-8-12-30-60/h13-14,17-20,39-40,43-44,53-54,57-58,63-64H,3-12,15-16,21-34H2,1-2H3,(H2,51,55)(H2,52,56). The minimum atomic E-state index is -4.66. The van der Waals surface area contributed by atoms with E-state index in [1.54, 1.807) is 0 Å². The molecule has 0 aromatic heterocycles. The van der Waals surface area contributed by atoms with Gasteiger partial charge in [-0.15, -0.1) is 18.2 Å². The van der Waals surface area contributed by atoms with Gasteiger partial charge in [-0.05, 0) is 138 Å². The van der Waals surface area contributed by atoms with Crippen molar-refractivity contribution in [1.82, 2.24) is 39.7 Å². The number of hydrogen-bond acceptors (Lipinski definition) is 20. The minimum absolute atomic E-state index is 0.0111. The normalized spacial score (nSPS) is 26.2. The molecule has 2 aliphatic carbocycles. The quantitative estimate of drug-likeness (QED) is 0.0398. The first-order chi connectivity index (χ1) is 36.5. The van der Waals surface area contributed by atoms with Crippen LogP contribution in [-0.2, 0) is 52.3 Å². The van der Waals surface area contributed by atoms with Crippen molar-refractivity contribution in [1.29, 1.82) is 0 Å².